The quantitative estimate of drug-likeness (QED) is 0.829. The molecular weight excluding hydrogens is 210 g/mol. The molecule has 2 nitrogen and oxygen atoms in total. The van der Waals surface area contributed by atoms with Crippen molar-refractivity contribution < 1.29 is 5.11 Å². The molecule has 1 rings (SSSR count). The van der Waals surface area contributed by atoms with E-state index in [1.165, 1.54) is 0 Å². The number of anilines is 1. The van der Waals surface area contributed by atoms with Crippen LogP contribution in [0.1, 0.15) is 19.4 Å². The number of rotatable bonds is 4. The lowest BCUT2D eigenvalue weighted by Crippen LogP contribution is -2.29. The maximum Gasteiger partial charge on any atom is 0.0635 e. The van der Waals surface area contributed by atoms with E-state index < -0.39 is 0 Å². The number of hydrogen-bond donors (Lipinski definition) is 2. The second-order valence-electron chi connectivity index (χ2n) is 4.14. The number of aryl methyl sites for hydroxylation is 1. The molecule has 0 amide bonds. The Labute approximate surface area is 96.3 Å². The minimum atomic E-state index is 0.0729. The van der Waals surface area contributed by atoms with E-state index in [0.29, 0.717) is 5.92 Å². The van der Waals surface area contributed by atoms with Gasteiger partial charge in [-0.2, -0.15) is 0 Å². The molecule has 0 radical (unpaired) electrons. The lowest BCUT2D eigenvalue weighted by atomic mass is 10.0. The van der Waals surface area contributed by atoms with Crippen LogP contribution in [0.5, 0.6) is 0 Å². The summed E-state index contributed by atoms with van der Waals surface area (Å²) in [5.41, 5.74) is 2.02. The zero-order valence-corrected chi connectivity index (χ0v) is 10.2. The van der Waals surface area contributed by atoms with Crippen molar-refractivity contribution in [1.29, 1.82) is 0 Å². The molecule has 0 fully saturated rings. The van der Waals surface area contributed by atoms with Crippen molar-refractivity contribution in [3.8, 4) is 0 Å². The molecule has 0 bridgehead atoms. The standard InChI is InChI=1S/C12H18ClNO/c1-8(2)12(7-15)14-10-5-4-9(3)11(13)6-10/h4-6,8,12,14-15H,7H2,1-3H3. The van der Waals surface area contributed by atoms with E-state index in [-0.39, 0.29) is 12.6 Å². The lowest BCUT2D eigenvalue weighted by Gasteiger charge is -2.21. The number of nitrogens with one attached hydrogen (secondary N) is 1. The highest BCUT2D eigenvalue weighted by atomic mass is 35.5. The average Bonchev–Trinajstić information content (AvgIpc) is 2.19. The molecule has 84 valence electrons. The van der Waals surface area contributed by atoms with Crippen LogP contribution >= 0.6 is 11.6 Å². The van der Waals surface area contributed by atoms with Crippen LogP contribution in [0.25, 0.3) is 0 Å². The van der Waals surface area contributed by atoms with E-state index in [4.69, 9.17) is 11.6 Å². The summed E-state index contributed by atoms with van der Waals surface area (Å²) in [5, 5.41) is 13.2. The van der Waals surface area contributed by atoms with Gasteiger partial charge in [-0.15, -0.1) is 0 Å². The van der Waals surface area contributed by atoms with Gasteiger partial charge < -0.3 is 10.4 Å². The highest BCUT2D eigenvalue weighted by molar-refractivity contribution is 6.31. The van der Waals surface area contributed by atoms with Gasteiger partial charge in [-0.3, -0.25) is 0 Å². The van der Waals surface area contributed by atoms with E-state index in [1.54, 1.807) is 0 Å². The molecule has 2 N–H and O–H groups in total. The van der Waals surface area contributed by atoms with Crippen LogP contribution in [0.2, 0.25) is 5.02 Å². The fraction of sp³-hybridized carbons (Fsp3) is 0.500. The Morgan fingerprint density at radius 3 is 2.53 bits per heavy atom. The maximum atomic E-state index is 9.19. The Morgan fingerprint density at radius 1 is 1.40 bits per heavy atom. The van der Waals surface area contributed by atoms with Gasteiger partial charge in [0.05, 0.1) is 12.6 Å². The summed E-state index contributed by atoms with van der Waals surface area (Å²) < 4.78 is 0. The molecule has 1 unspecified atom stereocenters. The zero-order valence-electron chi connectivity index (χ0n) is 9.42. The highest BCUT2D eigenvalue weighted by Crippen LogP contribution is 2.21. The Bertz CT molecular complexity index is 325. The molecule has 0 aliphatic rings. The third-order valence-corrected chi connectivity index (χ3v) is 2.93. The van der Waals surface area contributed by atoms with Crippen LogP contribution in [0.3, 0.4) is 0 Å². The van der Waals surface area contributed by atoms with Crippen molar-refractivity contribution in [3.63, 3.8) is 0 Å². The second-order valence-corrected chi connectivity index (χ2v) is 4.55. The molecule has 0 aliphatic carbocycles. The van der Waals surface area contributed by atoms with Crippen LogP contribution in [0.4, 0.5) is 5.69 Å². The Hall–Kier alpha value is -0.730. The Balaban J connectivity index is 2.75. The minimum absolute atomic E-state index is 0.0729. The molecule has 1 aromatic rings. The molecule has 1 atom stereocenters. The topological polar surface area (TPSA) is 32.3 Å². The van der Waals surface area contributed by atoms with Crippen LogP contribution in [0.15, 0.2) is 18.2 Å². The maximum absolute atomic E-state index is 9.19. The molecule has 0 heterocycles. The first-order valence-electron chi connectivity index (χ1n) is 5.18. The minimum Gasteiger partial charge on any atom is -0.394 e. The fourth-order valence-corrected chi connectivity index (χ4v) is 1.50. The molecular formula is C12H18ClNO. The van der Waals surface area contributed by atoms with Gasteiger partial charge in [-0.05, 0) is 30.5 Å². The molecule has 1 aromatic carbocycles. The van der Waals surface area contributed by atoms with Gasteiger partial charge in [0.25, 0.3) is 0 Å². The SMILES string of the molecule is Cc1ccc(NC(CO)C(C)C)cc1Cl. The summed E-state index contributed by atoms with van der Waals surface area (Å²) >= 11 is 6.02. The Morgan fingerprint density at radius 2 is 2.07 bits per heavy atom. The van der Waals surface area contributed by atoms with Crippen molar-refractivity contribution in [2.45, 2.75) is 26.8 Å². The number of hydrogen-bond acceptors (Lipinski definition) is 2. The predicted octanol–water partition coefficient (Wildman–Crippen LogP) is 3.08. The molecule has 0 spiro atoms. The van der Waals surface area contributed by atoms with Gasteiger partial charge in [0.1, 0.15) is 0 Å². The van der Waals surface area contributed by atoms with Crippen molar-refractivity contribution >= 4 is 17.3 Å². The van der Waals surface area contributed by atoms with Crippen molar-refractivity contribution in [1.82, 2.24) is 0 Å². The van der Waals surface area contributed by atoms with Gasteiger partial charge in [-0.25, -0.2) is 0 Å². The molecule has 0 saturated carbocycles. The summed E-state index contributed by atoms with van der Waals surface area (Å²) in [5.74, 6) is 0.384. The van der Waals surface area contributed by atoms with Crippen molar-refractivity contribution in [2.75, 3.05) is 11.9 Å². The number of aliphatic hydroxyl groups excluding tert-OH is 1. The first kappa shape index (κ1) is 12.3. The molecule has 15 heavy (non-hydrogen) atoms. The first-order valence-corrected chi connectivity index (χ1v) is 5.56. The van der Waals surface area contributed by atoms with Crippen LogP contribution in [-0.4, -0.2) is 17.8 Å². The highest BCUT2D eigenvalue weighted by Gasteiger charge is 2.11. The predicted molar refractivity (Wildman–Crippen MR) is 65.5 cm³/mol. The monoisotopic (exact) mass is 227 g/mol. The van der Waals surface area contributed by atoms with Crippen LogP contribution < -0.4 is 5.32 Å². The fourth-order valence-electron chi connectivity index (χ4n) is 1.32. The van der Waals surface area contributed by atoms with E-state index in [9.17, 15) is 5.11 Å². The van der Waals surface area contributed by atoms with Gasteiger partial charge in [-0.1, -0.05) is 31.5 Å². The van der Waals surface area contributed by atoms with E-state index in [2.05, 4.69) is 19.2 Å². The molecule has 0 saturated heterocycles. The van der Waals surface area contributed by atoms with Gasteiger partial charge in [0.2, 0.25) is 0 Å². The normalized spacial score (nSPS) is 12.9. The first-order chi connectivity index (χ1) is 7.04. The smallest absolute Gasteiger partial charge is 0.0635 e. The van der Waals surface area contributed by atoms with Crippen molar-refractivity contribution in [3.05, 3.63) is 28.8 Å². The van der Waals surface area contributed by atoms with Crippen molar-refractivity contribution in [2.24, 2.45) is 5.92 Å². The zero-order chi connectivity index (χ0) is 11.4. The number of halogens is 1. The molecule has 0 aromatic heterocycles. The van der Waals surface area contributed by atoms with Gasteiger partial charge >= 0.3 is 0 Å². The number of aliphatic hydroxyl groups is 1. The largest absolute Gasteiger partial charge is 0.394 e. The van der Waals surface area contributed by atoms with E-state index in [0.717, 1.165) is 16.3 Å². The second kappa shape index (κ2) is 5.38. The Kier molecular flexibility index (Phi) is 4.43. The van der Waals surface area contributed by atoms with E-state index >= 15 is 0 Å². The summed E-state index contributed by atoms with van der Waals surface area (Å²) in [7, 11) is 0. The van der Waals surface area contributed by atoms with E-state index in [1.807, 2.05) is 25.1 Å². The summed E-state index contributed by atoms with van der Waals surface area (Å²) in [6, 6.07) is 5.91. The summed E-state index contributed by atoms with van der Waals surface area (Å²) in [4.78, 5) is 0. The van der Waals surface area contributed by atoms with Crippen LogP contribution in [0, 0.1) is 12.8 Å². The molecule has 3 heteroatoms. The summed E-state index contributed by atoms with van der Waals surface area (Å²) in [6.45, 7) is 6.24. The lowest BCUT2D eigenvalue weighted by molar-refractivity contribution is 0.249. The average molecular weight is 228 g/mol. The van der Waals surface area contributed by atoms with Crippen LogP contribution in [-0.2, 0) is 0 Å². The summed E-state index contributed by atoms with van der Waals surface area (Å²) in [6.07, 6.45) is 0. The third-order valence-electron chi connectivity index (χ3n) is 2.53. The third kappa shape index (κ3) is 3.40. The number of benzene rings is 1. The van der Waals surface area contributed by atoms with Gasteiger partial charge in [0.15, 0.2) is 0 Å². The van der Waals surface area contributed by atoms with Gasteiger partial charge in [0, 0.05) is 10.7 Å². The molecule has 0 aliphatic heterocycles.